The zero-order valence-electron chi connectivity index (χ0n) is 17.4. The molecule has 1 atom stereocenters. The van der Waals surface area contributed by atoms with Gasteiger partial charge in [0.15, 0.2) is 0 Å². The van der Waals surface area contributed by atoms with E-state index in [-0.39, 0.29) is 18.6 Å². The van der Waals surface area contributed by atoms with Crippen molar-refractivity contribution in [3.63, 3.8) is 0 Å². The number of hydrogen-bond acceptors (Lipinski definition) is 5. The van der Waals surface area contributed by atoms with E-state index in [1.807, 2.05) is 36.1 Å². The number of rotatable bonds is 5. The summed E-state index contributed by atoms with van der Waals surface area (Å²) in [4.78, 5) is 19.1. The Kier molecular flexibility index (Phi) is 5.80. The lowest BCUT2D eigenvalue weighted by molar-refractivity contribution is 0.0651. The molecule has 0 unspecified atom stereocenters. The molecule has 2 aromatic carbocycles. The first-order valence-corrected chi connectivity index (χ1v) is 10.4. The molecular formula is C23H24ClN5O2. The number of aliphatic imine (C=N–C) groups is 1. The number of hydrogen-bond donors (Lipinski definition) is 2. The fourth-order valence-electron chi connectivity index (χ4n) is 3.99. The van der Waals surface area contributed by atoms with Crippen LogP contribution in [0.2, 0.25) is 5.02 Å². The third kappa shape index (κ3) is 4.06. The highest BCUT2D eigenvalue weighted by molar-refractivity contribution is 6.31. The number of benzene rings is 2. The number of nitrogens with zero attached hydrogens (tertiary/aromatic N) is 4. The predicted molar refractivity (Wildman–Crippen MR) is 122 cm³/mol. The molecule has 0 aliphatic carbocycles. The second-order valence-electron chi connectivity index (χ2n) is 7.71. The Morgan fingerprint density at radius 2 is 2.03 bits per heavy atom. The largest absolute Gasteiger partial charge is 0.398 e. The van der Waals surface area contributed by atoms with E-state index >= 15 is 0 Å². The van der Waals surface area contributed by atoms with Crippen molar-refractivity contribution < 1.29 is 9.90 Å². The fraction of sp³-hybridized carbons (Fsp3) is 0.261. The summed E-state index contributed by atoms with van der Waals surface area (Å²) in [5.74, 6) is -0.0888. The van der Waals surface area contributed by atoms with Crippen LogP contribution < -0.4 is 5.73 Å². The highest BCUT2D eigenvalue weighted by atomic mass is 35.5. The molecule has 3 N–H and O–H groups in total. The lowest BCUT2D eigenvalue weighted by Crippen LogP contribution is -2.41. The molecule has 1 amide bonds. The van der Waals surface area contributed by atoms with Gasteiger partial charge >= 0.3 is 0 Å². The minimum atomic E-state index is -0.226. The van der Waals surface area contributed by atoms with Crippen LogP contribution in [0.15, 0.2) is 47.5 Å². The van der Waals surface area contributed by atoms with Crippen LogP contribution in [0.1, 0.15) is 40.1 Å². The summed E-state index contributed by atoms with van der Waals surface area (Å²) in [7, 11) is 1.74. The molecular weight excluding hydrogens is 414 g/mol. The van der Waals surface area contributed by atoms with Crippen LogP contribution in [0.4, 0.5) is 5.69 Å². The van der Waals surface area contributed by atoms with E-state index in [0.717, 1.165) is 11.1 Å². The molecule has 31 heavy (non-hydrogen) atoms. The standard InChI is InChI=1S/C23H24ClN5O2/c1-14-11-28(12-16-5-3-15(4-6-16)10-26-2)23(31)21-9-20(27-29(14)21)22-17(13-30)7-18(24)8-19(22)25/h3-10,14,30H,11-13,25H2,1-2H3/t14-/m0/s1. The minimum Gasteiger partial charge on any atom is -0.398 e. The molecule has 0 spiro atoms. The molecule has 0 saturated heterocycles. The Balaban J connectivity index is 1.65. The fourth-order valence-corrected chi connectivity index (χ4v) is 4.24. The number of amides is 1. The van der Waals surface area contributed by atoms with Crippen molar-refractivity contribution in [1.29, 1.82) is 0 Å². The first-order valence-electron chi connectivity index (χ1n) is 10.00. The minimum absolute atomic E-state index is 0.000880. The zero-order chi connectivity index (χ0) is 22.1. The summed E-state index contributed by atoms with van der Waals surface area (Å²) < 4.78 is 1.74. The van der Waals surface area contributed by atoms with Crippen molar-refractivity contribution in [3.8, 4) is 11.3 Å². The average Bonchev–Trinajstić information content (AvgIpc) is 3.18. The molecule has 0 fully saturated rings. The molecule has 1 aliphatic heterocycles. The van der Waals surface area contributed by atoms with Crippen molar-refractivity contribution in [2.24, 2.45) is 4.99 Å². The summed E-state index contributed by atoms with van der Waals surface area (Å²) >= 11 is 6.07. The molecule has 1 aromatic heterocycles. The number of aliphatic hydroxyl groups excluding tert-OH is 1. The quantitative estimate of drug-likeness (QED) is 0.471. The molecule has 0 bridgehead atoms. The van der Waals surface area contributed by atoms with Gasteiger partial charge in [0.1, 0.15) is 5.69 Å². The summed E-state index contributed by atoms with van der Waals surface area (Å²) in [6.07, 6.45) is 1.79. The summed E-state index contributed by atoms with van der Waals surface area (Å²) in [5.41, 5.74) is 10.9. The van der Waals surface area contributed by atoms with Gasteiger partial charge in [0.25, 0.3) is 5.91 Å². The van der Waals surface area contributed by atoms with Crippen molar-refractivity contribution in [1.82, 2.24) is 14.7 Å². The first kappa shape index (κ1) is 21.1. The Hall–Kier alpha value is -3.16. The molecule has 160 valence electrons. The van der Waals surface area contributed by atoms with Gasteiger partial charge in [0.2, 0.25) is 0 Å². The molecule has 7 nitrogen and oxygen atoms in total. The van der Waals surface area contributed by atoms with Crippen LogP contribution in [0, 0.1) is 0 Å². The number of carbonyl (C=O) groups is 1. The van der Waals surface area contributed by atoms with E-state index in [1.54, 1.807) is 36.1 Å². The number of halogens is 1. The molecule has 3 aromatic rings. The van der Waals surface area contributed by atoms with Gasteiger partial charge in [0, 0.05) is 42.6 Å². The lowest BCUT2D eigenvalue weighted by Gasteiger charge is -2.31. The molecule has 2 heterocycles. The number of fused-ring (bicyclic) bond motifs is 1. The first-order chi connectivity index (χ1) is 14.9. The summed E-state index contributed by atoms with van der Waals surface area (Å²) in [5, 5.41) is 14.9. The molecule has 4 rings (SSSR count). The highest BCUT2D eigenvalue weighted by Crippen LogP contribution is 2.34. The number of carbonyl (C=O) groups excluding carboxylic acids is 1. The Morgan fingerprint density at radius 3 is 2.71 bits per heavy atom. The Labute approximate surface area is 185 Å². The maximum atomic E-state index is 13.2. The third-order valence-corrected chi connectivity index (χ3v) is 5.64. The van der Waals surface area contributed by atoms with Crippen LogP contribution in [-0.2, 0) is 13.2 Å². The van der Waals surface area contributed by atoms with Crippen LogP contribution in [0.25, 0.3) is 11.3 Å². The van der Waals surface area contributed by atoms with Gasteiger partial charge in [0.05, 0.1) is 18.3 Å². The number of aliphatic hydroxyl groups is 1. The number of aromatic nitrogens is 2. The predicted octanol–water partition coefficient (Wildman–Crippen LogP) is 3.54. The van der Waals surface area contributed by atoms with Crippen molar-refractivity contribution in [2.75, 3.05) is 19.3 Å². The van der Waals surface area contributed by atoms with Crippen LogP contribution >= 0.6 is 11.6 Å². The van der Waals surface area contributed by atoms with Crippen LogP contribution in [0.5, 0.6) is 0 Å². The van der Waals surface area contributed by atoms with Crippen molar-refractivity contribution in [3.05, 3.63) is 69.9 Å². The molecule has 0 saturated carbocycles. The van der Waals surface area contributed by atoms with E-state index < -0.39 is 0 Å². The Morgan fingerprint density at radius 1 is 1.29 bits per heavy atom. The van der Waals surface area contributed by atoms with E-state index in [4.69, 9.17) is 17.3 Å². The number of nitrogens with two attached hydrogens (primary N) is 1. The van der Waals surface area contributed by atoms with E-state index in [9.17, 15) is 9.90 Å². The molecule has 1 aliphatic rings. The second kappa shape index (κ2) is 8.53. The van der Waals surface area contributed by atoms with Gasteiger partial charge in [-0.05, 0) is 41.8 Å². The van der Waals surface area contributed by atoms with Gasteiger partial charge in [-0.3, -0.25) is 14.5 Å². The maximum absolute atomic E-state index is 13.2. The van der Waals surface area contributed by atoms with Crippen molar-refractivity contribution in [2.45, 2.75) is 26.1 Å². The monoisotopic (exact) mass is 437 g/mol. The summed E-state index contributed by atoms with van der Waals surface area (Å²) in [6, 6.07) is 13.0. The normalized spacial score (nSPS) is 16.2. The molecule has 8 heteroatoms. The third-order valence-electron chi connectivity index (χ3n) is 5.42. The SMILES string of the molecule is CN=Cc1ccc(CN2C[C@H](C)n3nc(-c4c(N)cc(Cl)cc4CO)cc3C2=O)cc1. The van der Waals surface area contributed by atoms with Crippen LogP contribution in [0.3, 0.4) is 0 Å². The lowest BCUT2D eigenvalue weighted by atomic mass is 10.0. The smallest absolute Gasteiger partial charge is 0.272 e. The van der Waals surface area contributed by atoms with Gasteiger partial charge in [-0.1, -0.05) is 35.9 Å². The van der Waals surface area contributed by atoms with Gasteiger partial charge in [-0.15, -0.1) is 0 Å². The average molecular weight is 438 g/mol. The van der Waals surface area contributed by atoms with Crippen molar-refractivity contribution >= 4 is 29.4 Å². The molecule has 0 radical (unpaired) electrons. The summed E-state index contributed by atoms with van der Waals surface area (Å²) in [6.45, 7) is 2.86. The second-order valence-corrected chi connectivity index (χ2v) is 8.15. The van der Waals surface area contributed by atoms with Gasteiger partial charge < -0.3 is 15.7 Å². The maximum Gasteiger partial charge on any atom is 0.272 e. The van der Waals surface area contributed by atoms with E-state index in [0.29, 0.717) is 46.3 Å². The highest BCUT2D eigenvalue weighted by Gasteiger charge is 2.31. The van der Waals surface area contributed by atoms with E-state index in [2.05, 4.69) is 10.1 Å². The van der Waals surface area contributed by atoms with E-state index in [1.165, 1.54) is 0 Å². The Bertz CT molecular complexity index is 1150. The number of nitrogen functional groups attached to an aromatic ring is 1. The topological polar surface area (TPSA) is 96.7 Å². The number of anilines is 1. The van der Waals surface area contributed by atoms with Crippen LogP contribution in [-0.4, -0.2) is 45.5 Å². The van der Waals surface area contributed by atoms with Gasteiger partial charge in [-0.25, -0.2) is 0 Å². The zero-order valence-corrected chi connectivity index (χ0v) is 18.2. The van der Waals surface area contributed by atoms with Gasteiger partial charge in [-0.2, -0.15) is 5.10 Å².